The van der Waals surface area contributed by atoms with Crippen LogP contribution in [0.5, 0.6) is 11.5 Å². The number of benzene rings is 2. The van der Waals surface area contributed by atoms with Gasteiger partial charge >= 0.3 is 0 Å². The molecule has 1 aromatic heterocycles. The Kier molecular flexibility index (Phi) is 4.79. The summed E-state index contributed by atoms with van der Waals surface area (Å²) in [7, 11) is 0. The molecule has 0 spiro atoms. The lowest BCUT2D eigenvalue weighted by Gasteiger charge is -2.13. The number of ether oxygens (including phenoxy) is 2. The first-order chi connectivity index (χ1) is 13.1. The fourth-order valence-electron chi connectivity index (χ4n) is 2.64. The Labute approximate surface area is 165 Å². The van der Waals surface area contributed by atoms with E-state index in [0.717, 1.165) is 17.1 Å². The molecule has 27 heavy (non-hydrogen) atoms. The second kappa shape index (κ2) is 7.38. The number of nitrogens with one attached hydrogen (secondary N) is 2. The van der Waals surface area contributed by atoms with E-state index in [2.05, 4.69) is 20.6 Å². The first-order valence-corrected chi connectivity index (χ1v) is 8.80. The number of nitrogen functional groups attached to an aromatic ring is 1. The molecule has 0 saturated heterocycles. The molecule has 0 bridgehead atoms. The topological polar surface area (TPSA) is 94.3 Å². The van der Waals surface area contributed by atoms with E-state index in [-0.39, 0.29) is 6.79 Å². The number of fused-ring (bicyclic) bond motifs is 1. The molecule has 4 rings (SSSR count). The lowest BCUT2D eigenvalue weighted by atomic mass is 10.2. The zero-order valence-electron chi connectivity index (χ0n) is 14.0. The highest BCUT2D eigenvalue weighted by molar-refractivity contribution is 6.35. The van der Waals surface area contributed by atoms with Gasteiger partial charge in [-0.25, -0.2) is 9.97 Å². The molecule has 0 unspecified atom stereocenters. The summed E-state index contributed by atoms with van der Waals surface area (Å²) in [6, 6.07) is 10.8. The van der Waals surface area contributed by atoms with E-state index in [0.29, 0.717) is 39.6 Å². The number of nitrogens with zero attached hydrogens (tertiary/aromatic N) is 2. The average Bonchev–Trinajstić information content (AvgIpc) is 3.09. The Morgan fingerprint density at radius 1 is 0.963 bits per heavy atom. The van der Waals surface area contributed by atoms with Crippen molar-refractivity contribution in [2.45, 2.75) is 6.54 Å². The summed E-state index contributed by atoms with van der Waals surface area (Å²) >= 11 is 12.1. The Morgan fingerprint density at radius 3 is 2.52 bits per heavy atom. The van der Waals surface area contributed by atoms with Gasteiger partial charge in [-0.15, -0.1) is 0 Å². The summed E-state index contributed by atoms with van der Waals surface area (Å²) in [4.78, 5) is 8.39. The molecule has 0 radical (unpaired) electrons. The summed E-state index contributed by atoms with van der Waals surface area (Å²) in [5.74, 6) is 2.44. The summed E-state index contributed by atoms with van der Waals surface area (Å²) in [6.07, 6.45) is 1.42. The van der Waals surface area contributed by atoms with Crippen molar-refractivity contribution in [2.24, 2.45) is 0 Å². The predicted molar refractivity (Wildman–Crippen MR) is 106 cm³/mol. The molecule has 9 heteroatoms. The summed E-state index contributed by atoms with van der Waals surface area (Å²) in [6.45, 7) is 0.758. The Hall–Kier alpha value is -2.90. The molecule has 0 atom stereocenters. The van der Waals surface area contributed by atoms with Crippen molar-refractivity contribution >= 4 is 46.2 Å². The van der Waals surface area contributed by atoms with Gasteiger partial charge in [-0.05, 0) is 35.9 Å². The Morgan fingerprint density at radius 2 is 1.70 bits per heavy atom. The molecule has 0 fully saturated rings. The van der Waals surface area contributed by atoms with E-state index in [4.69, 9.17) is 38.4 Å². The molecule has 4 N–H and O–H groups in total. The Bertz CT molecular complexity index is 979. The van der Waals surface area contributed by atoms with Crippen LogP contribution in [0, 0.1) is 0 Å². The molecular weight excluding hydrogens is 389 g/mol. The van der Waals surface area contributed by atoms with Crippen molar-refractivity contribution in [3.05, 3.63) is 58.3 Å². The van der Waals surface area contributed by atoms with Crippen molar-refractivity contribution < 1.29 is 9.47 Å². The van der Waals surface area contributed by atoms with Crippen LogP contribution < -0.4 is 25.8 Å². The van der Waals surface area contributed by atoms with Crippen LogP contribution in [-0.2, 0) is 6.54 Å². The van der Waals surface area contributed by atoms with Crippen molar-refractivity contribution in [3.8, 4) is 11.5 Å². The van der Waals surface area contributed by atoms with Gasteiger partial charge in [0.25, 0.3) is 0 Å². The normalized spacial score (nSPS) is 12.1. The minimum absolute atomic E-state index is 0.244. The SMILES string of the molecule is Nc1c(NCc2ccc3c(c2)OCO3)ncnc1Nc1cc(Cl)cc(Cl)c1. The maximum Gasteiger partial charge on any atom is 0.231 e. The zero-order valence-corrected chi connectivity index (χ0v) is 15.5. The predicted octanol–water partition coefficient (Wildman–Crippen LogP) is 4.45. The van der Waals surface area contributed by atoms with Crippen LogP contribution >= 0.6 is 23.2 Å². The average molecular weight is 404 g/mol. The minimum Gasteiger partial charge on any atom is -0.454 e. The number of anilines is 4. The number of rotatable bonds is 5. The van der Waals surface area contributed by atoms with Gasteiger partial charge in [-0.3, -0.25) is 0 Å². The highest BCUT2D eigenvalue weighted by atomic mass is 35.5. The molecule has 0 amide bonds. The molecule has 2 heterocycles. The lowest BCUT2D eigenvalue weighted by Crippen LogP contribution is -2.08. The van der Waals surface area contributed by atoms with Gasteiger partial charge in [0.1, 0.15) is 12.0 Å². The summed E-state index contributed by atoms with van der Waals surface area (Å²) < 4.78 is 10.7. The van der Waals surface area contributed by atoms with E-state index in [1.165, 1.54) is 6.33 Å². The maximum absolute atomic E-state index is 6.20. The second-order valence-corrected chi connectivity index (χ2v) is 6.68. The number of hydrogen-bond donors (Lipinski definition) is 3. The smallest absolute Gasteiger partial charge is 0.231 e. The van der Waals surface area contributed by atoms with E-state index in [1.807, 2.05) is 18.2 Å². The van der Waals surface area contributed by atoms with E-state index >= 15 is 0 Å². The number of nitrogens with two attached hydrogens (primary N) is 1. The monoisotopic (exact) mass is 403 g/mol. The summed E-state index contributed by atoms with van der Waals surface area (Å²) in [5, 5.41) is 7.34. The standard InChI is InChI=1S/C18H15Cl2N5O2/c19-11-4-12(20)6-13(5-11)25-18-16(21)17(23-8-24-18)22-7-10-1-2-14-15(3-10)27-9-26-14/h1-6,8H,7,9,21H2,(H2,22,23,24,25). The van der Waals surface area contributed by atoms with Gasteiger partial charge in [-0.1, -0.05) is 29.3 Å². The van der Waals surface area contributed by atoms with Gasteiger partial charge in [0, 0.05) is 22.3 Å². The fourth-order valence-corrected chi connectivity index (χ4v) is 3.16. The molecule has 2 aromatic carbocycles. The second-order valence-electron chi connectivity index (χ2n) is 5.81. The van der Waals surface area contributed by atoms with Crippen LogP contribution in [0.2, 0.25) is 10.0 Å². The number of aromatic nitrogens is 2. The van der Waals surface area contributed by atoms with Crippen molar-refractivity contribution in [2.75, 3.05) is 23.2 Å². The fraction of sp³-hybridized carbons (Fsp3) is 0.111. The zero-order chi connectivity index (χ0) is 18.8. The van der Waals surface area contributed by atoms with Gasteiger partial charge in [0.05, 0.1) is 0 Å². The molecule has 0 saturated carbocycles. The van der Waals surface area contributed by atoms with Crippen LogP contribution in [-0.4, -0.2) is 16.8 Å². The van der Waals surface area contributed by atoms with Gasteiger partial charge in [0.2, 0.25) is 6.79 Å². The van der Waals surface area contributed by atoms with Crippen LogP contribution in [0.1, 0.15) is 5.56 Å². The minimum atomic E-state index is 0.244. The molecule has 3 aromatic rings. The molecule has 7 nitrogen and oxygen atoms in total. The third-order valence-electron chi connectivity index (χ3n) is 3.91. The molecule has 1 aliphatic heterocycles. The van der Waals surface area contributed by atoms with Gasteiger partial charge in [0.15, 0.2) is 23.1 Å². The van der Waals surface area contributed by atoms with Gasteiger partial charge < -0.3 is 25.8 Å². The Balaban J connectivity index is 1.50. The third-order valence-corrected chi connectivity index (χ3v) is 4.34. The van der Waals surface area contributed by atoms with Crippen LogP contribution in [0.25, 0.3) is 0 Å². The van der Waals surface area contributed by atoms with Crippen molar-refractivity contribution in [1.29, 1.82) is 0 Å². The van der Waals surface area contributed by atoms with E-state index in [9.17, 15) is 0 Å². The van der Waals surface area contributed by atoms with E-state index in [1.54, 1.807) is 18.2 Å². The first kappa shape index (κ1) is 17.5. The van der Waals surface area contributed by atoms with E-state index < -0.39 is 0 Å². The quantitative estimate of drug-likeness (QED) is 0.578. The first-order valence-electron chi connectivity index (χ1n) is 8.04. The molecule has 1 aliphatic rings. The lowest BCUT2D eigenvalue weighted by molar-refractivity contribution is 0.174. The van der Waals surface area contributed by atoms with Gasteiger partial charge in [-0.2, -0.15) is 0 Å². The van der Waals surface area contributed by atoms with Crippen molar-refractivity contribution in [3.63, 3.8) is 0 Å². The number of halogens is 2. The highest BCUT2D eigenvalue weighted by Crippen LogP contribution is 2.33. The summed E-state index contributed by atoms with van der Waals surface area (Å²) in [5.41, 5.74) is 8.27. The molecule has 0 aliphatic carbocycles. The van der Waals surface area contributed by atoms with Crippen LogP contribution in [0.3, 0.4) is 0 Å². The third kappa shape index (κ3) is 3.94. The molecular formula is C18H15Cl2N5O2. The molecule has 138 valence electrons. The number of hydrogen-bond acceptors (Lipinski definition) is 7. The van der Waals surface area contributed by atoms with Crippen molar-refractivity contribution in [1.82, 2.24) is 9.97 Å². The van der Waals surface area contributed by atoms with Crippen LogP contribution in [0.15, 0.2) is 42.7 Å². The largest absolute Gasteiger partial charge is 0.454 e. The highest BCUT2D eigenvalue weighted by Gasteiger charge is 2.14. The van der Waals surface area contributed by atoms with Crippen LogP contribution in [0.4, 0.5) is 23.0 Å². The maximum atomic E-state index is 6.20.